The fourth-order valence-electron chi connectivity index (χ4n) is 2.15. The minimum absolute atomic E-state index is 0.0647. The van der Waals surface area contributed by atoms with Crippen LogP contribution in [-0.2, 0) is 12.6 Å². The highest BCUT2D eigenvalue weighted by Crippen LogP contribution is 2.29. The summed E-state index contributed by atoms with van der Waals surface area (Å²) in [5.74, 6) is 0. The van der Waals surface area contributed by atoms with Crippen LogP contribution in [0.1, 0.15) is 22.7 Å². The van der Waals surface area contributed by atoms with Crippen LogP contribution in [0.4, 0.5) is 13.2 Å². The zero-order chi connectivity index (χ0) is 15.5. The normalized spacial score (nSPS) is 13.2. The molecule has 2 aromatic carbocycles. The van der Waals surface area contributed by atoms with Crippen LogP contribution in [-0.4, -0.2) is 7.05 Å². The maximum Gasteiger partial charge on any atom is 0.416 e. The van der Waals surface area contributed by atoms with Gasteiger partial charge in [0.2, 0.25) is 0 Å². The van der Waals surface area contributed by atoms with Crippen LogP contribution in [0.2, 0.25) is 0 Å². The Kier molecular flexibility index (Phi) is 5.06. The zero-order valence-corrected chi connectivity index (χ0v) is 13.0. The van der Waals surface area contributed by atoms with Gasteiger partial charge in [-0.1, -0.05) is 40.2 Å². The highest BCUT2D eigenvalue weighted by atomic mass is 79.9. The van der Waals surface area contributed by atoms with Gasteiger partial charge in [-0.3, -0.25) is 0 Å². The van der Waals surface area contributed by atoms with Crippen LogP contribution in [0.5, 0.6) is 0 Å². The second kappa shape index (κ2) is 6.62. The first-order valence-corrected chi connectivity index (χ1v) is 7.28. The molecule has 21 heavy (non-hydrogen) atoms. The van der Waals surface area contributed by atoms with Crippen molar-refractivity contribution in [3.63, 3.8) is 0 Å². The molecule has 2 rings (SSSR count). The van der Waals surface area contributed by atoms with Crippen molar-refractivity contribution in [3.05, 3.63) is 69.7 Å². The third kappa shape index (κ3) is 4.32. The molecule has 1 nitrogen and oxygen atoms in total. The summed E-state index contributed by atoms with van der Waals surface area (Å²) in [6, 6.07) is 13.3. The molecule has 0 aliphatic rings. The number of halogens is 4. The average Bonchev–Trinajstić information content (AvgIpc) is 2.45. The number of nitrogens with one attached hydrogen (secondary N) is 1. The van der Waals surface area contributed by atoms with Gasteiger partial charge in [0, 0.05) is 10.5 Å². The van der Waals surface area contributed by atoms with Gasteiger partial charge >= 0.3 is 6.18 Å². The Labute approximate surface area is 130 Å². The SMILES string of the molecule is CNC(Cc1ccc(C(F)(F)F)cc1)c1ccc(Br)cc1. The molecule has 0 bridgehead atoms. The van der Waals surface area contributed by atoms with E-state index in [1.807, 2.05) is 31.3 Å². The lowest BCUT2D eigenvalue weighted by Gasteiger charge is -2.17. The fraction of sp³-hybridized carbons (Fsp3) is 0.250. The fourth-order valence-corrected chi connectivity index (χ4v) is 2.41. The van der Waals surface area contributed by atoms with Crippen LogP contribution in [0.25, 0.3) is 0 Å². The van der Waals surface area contributed by atoms with Gasteiger partial charge in [-0.25, -0.2) is 0 Å². The minimum Gasteiger partial charge on any atom is -0.313 e. The first-order chi connectivity index (χ1) is 9.90. The molecule has 0 spiro atoms. The van der Waals surface area contributed by atoms with Crippen LogP contribution >= 0.6 is 15.9 Å². The van der Waals surface area contributed by atoms with E-state index in [9.17, 15) is 13.2 Å². The predicted octanol–water partition coefficient (Wildman–Crippen LogP) is 4.97. The molecule has 5 heteroatoms. The van der Waals surface area contributed by atoms with Gasteiger partial charge in [0.1, 0.15) is 0 Å². The van der Waals surface area contributed by atoms with Crippen molar-refractivity contribution in [2.45, 2.75) is 18.6 Å². The van der Waals surface area contributed by atoms with Crippen LogP contribution in [0.15, 0.2) is 53.0 Å². The Morgan fingerprint density at radius 1 is 1.00 bits per heavy atom. The molecule has 0 saturated heterocycles. The summed E-state index contributed by atoms with van der Waals surface area (Å²) in [5.41, 5.74) is 1.35. The summed E-state index contributed by atoms with van der Waals surface area (Å²) < 4.78 is 38.6. The van der Waals surface area contributed by atoms with Gasteiger partial charge in [0.15, 0.2) is 0 Å². The molecule has 0 radical (unpaired) electrons. The minimum atomic E-state index is -4.29. The highest BCUT2D eigenvalue weighted by molar-refractivity contribution is 9.10. The van der Waals surface area contributed by atoms with Crippen molar-refractivity contribution in [2.24, 2.45) is 0 Å². The second-order valence-electron chi connectivity index (χ2n) is 4.79. The molecule has 0 aromatic heterocycles. The number of benzene rings is 2. The molecule has 2 aromatic rings. The predicted molar refractivity (Wildman–Crippen MR) is 81.1 cm³/mol. The van der Waals surface area contributed by atoms with E-state index in [4.69, 9.17) is 0 Å². The molecule has 0 heterocycles. The molecular weight excluding hydrogens is 343 g/mol. The van der Waals surface area contributed by atoms with E-state index in [2.05, 4.69) is 21.2 Å². The topological polar surface area (TPSA) is 12.0 Å². The van der Waals surface area contributed by atoms with E-state index >= 15 is 0 Å². The lowest BCUT2D eigenvalue weighted by Crippen LogP contribution is -2.18. The Hall–Kier alpha value is -1.33. The number of rotatable bonds is 4. The molecule has 1 N–H and O–H groups in total. The standard InChI is InChI=1S/C16H15BrF3N/c1-21-15(12-4-8-14(17)9-5-12)10-11-2-6-13(7-3-11)16(18,19)20/h2-9,15,21H,10H2,1H3. The van der Waals surface area contributed by atoms with Crippen molar-refractivity contribution in [1.82, 2.24) is 5.32 Å². The van der Waals surface area contributed by atoms with E-state index in [0.29, 0.717) is 6.42 Å². The molecule has 0 fully saturated rings. The van der Waals surface area contributed by atoms with Crippen molar-refractivity contribution in [1.29, 1.82) is 0 Å². The van der Waals surface area contributed by atoms with Gasteiger partial charge in [-0.05, 0) is 48.9 Å². The van der Waals surface area contributed by atoms with Gasteiger partial charge in [0.05, 0.1) is 5.56 Å². The van der Waals surface area contributed by atoms with E-state index in [1.165, 1.54) is 12.1 Å². The molecule has 0 aliphatic carbocycles. The number of hydrogen-bond acceptors (Lipinski definition) is 1. The molecule has 0 amide bonds. The average molecular weight is 358 g/mol. The summed E-state index contributed by atoms with van der Waals surface area (Å²) in [7, 11) is 1.84. The molecule has 0 saturated carbocycles. The second-order valence-corrected chi connectivity index (χ2v) is 5.71. The monoisotopic (exact) mass is 357 g/mol. The van der Waals surface area contributed by atoms with Gasteiger partial charge in [-0.15, -0.1) is 0 Å². The van der Waals surface area contributed by atoms with Crippen molar-refractivity contribution in [2.75, 3.05) is 7.05 Å². The van der Waals surface area contributed by atoms with Crippen molar-refractivity contribution < 1.29 is 13.2 Å². The quantitative estimate of drug-likeness (QED) is 0.814. The van der Waals surface area contributed by atoms with Gasteiger partial charge in [0.25, 0.3) is 0 Å². The summed E-state index contributed by atoms with van der Waals surface area (Å²) >= 11 is 3.38. The van der Waals surface area contributed by atoms with E-state index in [-0.39, 0.29) is 6.04 Å². The van der Waals surface area contributed by atoms with Crippen molar-refractivity contribution in [3.8, 4) is 0 Å². The highest BCUT2D eigenvalue weighted by Gasteiger charge is 2.29. The van der Waals surface area contributed by atoms with Crippen molar-refractivity contribution >= 4 is 15.9 Å². The molecule has 1 atom stereocenters. The summed E-state index contributed by atoms with van der Waals surface area (Å²) in [4.78, 5) is 0. The summed E-state index contributed by atoms with van der Waals surface area (Å²) in [6.07, 6.45) is -3.65. The maximum absolute atomic E-state index is 12.5. The Bertz CT molecular complexity index is 576. The van der Waals surface area contributed by atoms with E-state index < -0.39 is 11.7 Å². The third-order valence-corrected chi connectivity index (χ3v) is 3.87. The molecule has 112 valence electrons. The summed E-state index contributed by atoms with van der Waals surface area (Å²) in [5, 5.41) is 3.19. The van der Waals surface area contributed by atoms with Gasteiger partial charge in [-0.2, -0.15) is 13.2 Å². The zero-order valence-electron chi connectivity index (χ0n) is 11.4. The molecule has 0 aliphatic heterocycles. The van der Waals surface area contributed by atoms with Crippen LogP contribution in [0, 0.1) is 0 Å². The van der Waals surface area contributed by atoms with Crippen LogP contribution < -0.4 is 5.32 Å². The lowest BCUT2D eigenvalue weighted by atomic mass is 9.98. The number of hydrogen-bond donors (Lipinski definition) is 1. The first-order valence-electron chi connectivity index (χ1n) is 6.49. The third-order valence-electron chi connectivity index (χ3n) is 3.34. The number of alkyl halides is 3. The van der Waals surface area contributed by atoms with Crippen LogP contribution in [0.3, 0.4) is 0 Å². The van der Waals surface area contributed by atoms with Gasteiger partial charge < -0.3 is 5.32 Å². The first kappa shape index (κ1) is 16.0. The summed E-state index contributed by atoms with van der Waals surface area (Å²) in [6.45, 7) is 0. The largest absolute Gasteiger partial charge is 0.416 e. The Morgan fingerprint density at radius 3 is 2.05 bits per heavy atom. The molecular formula is C16H15BrF3N. The molecule has 1 unspecified atom stereocenters. The maximum atomic E-state index is 12.5. The Morgan fingerprint density at radius 2 is 1.57 bits per heavy atom. The Balaban J connectivity index is 2.13. The number of likely N-dealkylation sites (N-methyl/N-ethyl adjacent to an activating group) is 1. The van der Waals surface area contributed by atoms with E-state index in [0.717, 1.165) is 27.7 Å². The smallest absolute Gasteiger partial charge is 0.313 e. The lowest BCUT2D eigenvalue weighted by molar-refractivity contribution is -0.137. The van der Waals surface area contributed by atoms with E-state index in [1.54, 1.807) is 0 Å².